The highest BCUT2D eigenvalue weighted by molar-refractivity contribution is 4.72. The predicted octanol–water partition coefficient (Wildman–Crippen LogP) is 1.95. The highest BCUT2D eigenvalue weighted by atomic mass is 16.5. The van der Waals surface area contributed by atoms with Crippen LogP contribution in [-0.2, 0) is 4.74 Å². The number of aliphatic hydroxyl groups excluding tert-OH is 1. The van der Waals surface area contributed by atoms with Gasteiger partial charge in [0.25, 0.3) is 0 Å². The fraction of sp³-hybridized carbons (Fsp3) is 0.800. The molecule has 0 aromatic rings. The first-order chi connectivity index (χ1) is 5.86. The quantitative estimate of drug-likeness (QED) is 0.653. The lowest BCUT2D eigenvalue weighted by atomic mass is 9.82. The molecule has 2 atom stereocenters. The zero-order valence-electron chi connectivity index (χ0n) is 7.54. The maximum absolute atomic E-state index is 8.97. The summed E-state index contributed by atoms with van der Waals surface area (Å²) >= 11 is 0. The predicted molar refractivity (Wildman–Crippen MR) is 48.7 cm³/mol. The molecule has 0 spiro atoms. The summed E-state index contributed by atoms with van der Waals surface area (Å²) in [6.07, 6.45) is 6.27. The standard InChI is InChI=1S/C10H18O2/c1-2-12-8-10-5-3-4-9(6-10)7-11/h2,9-11H,1,3-8H2. The Morgan fingerprint density at radius 3 is 2.83 bits per heavy atom. The van der Waals surface area contributed by atoms with E-state index in [0.29, 0.717) is 18.4 Å². The highest BCUT2D eigenvalue weighted by Crippen LogP contribution is 2.28. The van der Waals surface area contributed by atoms with Crippen LogP contribution in [0.4, 0.5) is 0 Å². The average Bonchev–Trinajstić information content (AvgIpc) is 2.15. The van der Waals surface area contributed by atoms with Gasteiger partial charge in [-0.25, -0.2) is 0 Å². The van der Waals surface area contributed by atoms with Crippen LogP contribution < -0.4 is 0 Å². The molecule has 2 heteroatoms. The van der Waals surface area contributed by atoms with E-state index in [2.05, 4.69) is 6.58 Å². The van der Waals surface area contributed by atoms with Gasteiger partial charge in [-0.15, -0.1) is 0 Å². The van der Waals surface area contributed by atoms with E-state index in [-0.39, 0.29) is 0 Å². The van der Waals surface area contributed by atoms with Gasteiger partial charge in [-0.05, 0) is 31.1 Å². The van der Waals surface area contributed by atoms with Crippen LogP contribution in [0.2, 0.25) is 0 Å². The zero-order valence-corrected chi connectivity index (χ0v) is 7.54. The van der Waals surface area contributed by atoms with E-state index in [4.69, 9.17) is 9.84 Å². The van der Waals surface area contributed by atoms with Crippen molar-refractivity contribution < 1.29 is 9.84 Å². The van der Waals surface area contributed by atoms with Gasteiger partial charge in [0, 0.05) is 6.61 Å². The SMILES string of the molecule is C=COCC1CCCC(CO)C1. The molecule has 0 saturated heterocycles. The summed E-state index contributed by atoms with van der Waals surface area (Å²) in [7, 11) is 0. The van der Waals surface area contributed by atoms with Crippen LogP contribution in [-0.4, -0.2) is 18.3 Å². The van der Waals surface area contributed by atoms with E-state index in [1.54, 1.807) is 0 Å². The number of ether oxygens (including phenoxy) is 1. The number of hydrogen-bond donors (Lipinski definition) is 1. The molecule has 1 aliphatic rings. The molecule has 0 aromatic heterocycles. The number of hydrogen-bond acceptors (Lipinski definition) is 2. The van der Waals surface area contributed by atoms with Gasteiger partial charge in [-0.2, -0.15) is 0 Å². The zero-order chi connectivity index (χ0) is 8.81. The van der Waals surface area contributed by atoms with E-state index < -0.39 is 0 Å². The molecule has 1 aliphatic carbocycles. The smallest absolute Gasteiger partial charge is 0.0901 e. The van der Waals surface area contributed by atoms with Crippen LogP contribution >= 0.6 is 0 Å². The molecular formula is C10H18O2. The molecule has 1 saturated carbocycles. The Bertz CT molecular complexity index is 134. The maximum Gasteiger partial charge on any atom is 0.0901 e. The molecule has 1 N–H and O–H groups in total. The van der Waals surface area contributed by atoms with Gasteiger partial charge in [0.1, 0.15) is 0 Å². The van der Waals surface area contributed by atoms with Crippen LogP contribution in [0.25, 0.3) is 0 Å². The summed E-state index contributed by atoms with van der Waals surface area (Å²) in [6.45, 7) is 4.63. The Morgan fingerprint density at radius 1 is 1.42 bits per heavy atom. The van der Waals surface area contributed by atoms with E-state index in [1.807, 2.05) is 0 Å². The third-order valence-corrected chi connectivity index (χ3v) is 2.60. The van der Waals surface area contributed by atoms with Crippen LogP contribution in [0, 0.1) is 11.8 Å². The van der Waals surface area contributed by atoms with Crippen LogP contribution in [0.1, 0.15) is 25.7 Å². The Kier molecular flexibility index (Phi) is 4.15. The van der Waals surface area contributed by atoms with Crippen LogP contribution in [0.5, 0.6) is 0 Å². The molecule has 1 rings (SSSR count). The summed E-state index contributed by atoms with van der Waals surface area (Å²) in [5.74, 6) is 1.14. The van der Waals surface area contributed by atoms with Crippen molar-refractivity contribution in [3.8, 4) is 0 Å². The largest absolute Gasteiger partial charge is 0.502 e. The van der Waals surface area contributed by atoms with E-state index in [0.717, 1.165) is 13.0 Å². The molecule has 1 fully saturated rings. The Labute approximate surface area is 74.2 Å². The highest BCUT2D eigenvalue weighted by Gasteiger charge is 2.21. The Hall–Kier alpha value is -0.500. The van der Waals surface area contributed by atoms with Crippen molar-refractivity contribution in [1.82, 2.24) is 0 Å². The van der Waals surface area contributed by atoms with E-state index in [1.165, 1.54) is 25.5 Å². The molecule has 2 nitrogen and oxygen atoms in total. The van der Waals surface area contributed by atoms with Crippen molar-refractivity contribution >= 4 is 0 Å². The summed E-state index contributed by atoms with van der Waals surface area (Å²) in [5, 5.41) is 8.97. The van der Waals surface area contributed by atoms with Gasteiger partial charge in [0.05, 0.1) is 12.9 Å². The summed E-state index contributed by atoms with van der Waals surface area (Å²) in [5.41, 5.74) is 0. The minimum atomic E-state index is 0.338. The van der Waals surface area contributed by atoms with Crippen molar-refractivity contribution in [2.24, 2.45) is 11.8 Å². The van der Waals surface area contributed by atoms with Crippen molar-refractivity contribution in [1.29, 1.82) is 0 Å². The van der Waals surface area contributed by atoms with Crippen molar-refractivity contribution in [2.75, 3.05) is 13.2 Å². The van der Waals surface area contributed by atoms with Crippen molar-refractivity contribution in [3.05, 3.63) is 12.8 Å². The normalized spacial score (nSPS) is 29.8. The second-order valence-corrected chi connectivity index (χ2v) is 3.58. The van der Waals surface area contributed by atoms with Gasteiger partial charge < -0.3 is 9.84 Å². The maximum atomic E-state index is 8.97. The van der Waals surface area contributed by atoms with Crippen molar-refractivity contribution in [3.63, 3.8) is 0 Å². The van der Waals surface area contributed by atoms with Gasteiger partial charge in [-0.1, -0.05) is 13.0 Å². The summed E-state index contributed by atoms with van der Waals surface area (Å²) < 4.78 is 5.15. The van der Waals surface area contributed by atoms with Gasteiger partial charge in [0.2, 0.25) is 0 Å². The molecule has 2 unspecified atom stereocenters. The molecule has 0 radical (unpaired) electrons. The minimum absolute atomic E-state index is 0.338. The molecule has 0 amide bonds. The van der Waals surface area contributed by atoms with Gasteiger partial charge in [-0.3, -0.25) is 0 Å². The Morgan fingerprint density at radius 2 is 2.17 bits per heavy atom. The molecule has 12 heavy (non-hydrogen) atoms. The van der Waals surface area contributed by atoms with E-state index >= 15 is 0 Å². The number of rotatable bonds is 4. The molecule has 70 valence electrons. The lowest BCUT2D eigenvalue weighted by Gasteiger charge is -2.27. The first-order valence-electron chi connectivity index (χ1n) is 4.70. The second-order valence-electron chi connectivity index (χ2n) is 3.58. The minimum Gasteiger partial charge on any atom is -0.502 e. The molecule has 0 bridgehead atoms. The topological polar surface area (TPSA) is 29.5 Å². The van der Waals surface area contributed by atoms with Crippen LogP contribution in [0.15, 0.2) is 12.8 Å². The second kappa shape index (κ2) is 5.20. The fourth-order valence-electron chi connectivity index (χ4n) is 1.92. The van der Waals surface area contributed by atoms with E-state index in [9.17, 15) is 0 Å². The van der Waals surface area contributed by atoms with Crippen molar-refractivity contribution in [2.45, 2.75) is 25.7 Å². The third kappa shape index (κ3) is 2.86. The first kappa shape index (κ1) is 9.59. The summed E-state index contributed by atoms with van der Waals surface area (Å²) in [4.78, 5) is 0. The van der Waals surface area contributed by atoms with Gasteiger partial charge >= 0.3 is 0 Å². The lowest BCUT2D eigenvalue weighted by Crippen LogP contribution is -2.21. The summed E-state index contributed by atoms with van der Waals surface area (Å²) in [6, 6.07) is 0. The fourth-order valence-corrected chi connectivity index (χ4v) is 1.92. The lowest BCUT2D eigenvalue weighted by molar-refractivity contribution is 0.112. The van der Waals surface area contributed by atoms with Gasteiger partial charge in [0.15, 0.2) is 0 Å². The molecule has 0 aromatic carbocycles. The monoisotopic (exact) mass is 170 g/mol. The first-order valence-corrected chi connectivity index (χ1v) is 4.70. The molecule has 0 heterocycles. The Balaban J connectivity index is 2.20. The molecule has 0 aliphatic heterocycles. The van der Waals surface area contributed by atoms with Crippen LogP contribution in [0.3, 0.4) is 0 Å². The molecular weight excluding hydrogens is 152 g/mol. The number of aliphatic hydroxyl groups is 1. The third-order valence-electron chi connectivity index (χ3n) is 2.60. The average molecular weight is 170 g/mol.